The molecule has 0 radical (unpaired) electrons. The van der Waals surface area contributed by atoms with Gasteiger partial charge < -0.3 is 39.1 Å². The fourth-order valence-electron chi connectivity index (χ4n) is 13.0. The highest BCUT2D eigenvalue weighted by Gasteiger charge is 2.47. The number of hydrogen-bond acceptors (Lipinski definition) is 15. The van der Waals surface area contributed by atoms with Crippen molar-refractivity contribution >= 4 is 36.1 Å². The molecule has 3 aliphatic rings. The first kappa shape index (κ1) is 61.6. The Labute approximate surface area is 441 Å². The summed E-state index contributed by atoms with van der Waals surface area (Å²) < 4.78 is 34.8. The van der Waals surface area contributed by atoms with Crippen molar-refractivity contribution < 1.29 is 57.2 Å². The normalized spacial score (nSPS) is 25.6. The van der Waals surface area contributed by atoms with Crippen molar-refractivity contribution in [3.05, 3.63) is 67.9 Å². The lowest BCUT2D eigenvalue weighted by Gasteiger charge is -2.48. The first-order chi connectivity index (χ1) is 34.5. The van der Waals surface area contributed by atoms with Crippen LogP contribution in [0.15, 0.2) is 50.8 Å². The fraction of sp³-hybridized carbons (Fsp3) is 0.727. The van der Waals surface area contributed by atoms with Crippen molar-refractivity contribution in [2.45, 2.75) is 179 Å². The first-order valence-corrected chi connectivity index (χ1v) is 26.0. The number of amides is 2. The van der Waals surface area contributed by atoms with Crippen LogP contribution in [0, 0.1) is 38.4 Å². The largest absolute Gasteiger partial charge is 0.462 e. The summed E-state index contributed by atoms with van der Waals surface area (Å²) >= 11 is 0. The summed E-state index contributed by atoms with van der Waals surface area (Å²) in [5, 5.41) is 5.88. The number of aromatic nitrogens is 3. The summed E-state index contributed by atoms with van der Waals surface area (Å²) in [6, 6.07) is -0.866. The van der Waals surface area contributed by atoms with Crippen molar-refractivity contribution in [3.63, 3.8) is 0 Å². The zero-order valence-corrected chi connectivity index (χ0v) is 46.8. The zero-order valence-electron chi connectivity index (χ0n) is 46.8. The van der Waals surface area contributed by atoms with Gasteiger partial charge in [-0.3, -0.25) is 4.79 Å². The molecular formula is C55H85N5O15. The smallest absolute Gasteiger partial charge is 0.407 e. The Hall–Kier alpha value is -5.95. The molecule has 420 valence electrons. The molecule has 3 fully saturated rings. The molecule has 1 aromatic heterocycles. The van der Waals surface area contributed by atoms with E-state index in [1.807, 2.05) is 48.5 Å². The van der Waals surface area contributed by atoms with E-state index in [-0.39, 0.29) is 105 Å². The Balaban J connectivity index is 1.70. The van der Waals surface area contributed by atoms with Gasteiger partial charge in [-0.05, 0) is 117 Å². The van der Waals surface area contributed by atoms with Crippen molar-refractivity contribution in [2.75, 3.05) is 39.6 Å². The first-order valence-electron chi connectivity index (χ1n) is 26.0. The monoisotopic (exact) mass is 1060 g/mol. The molecule has 1 aromatic rings. The summed E-state index contributed by atoms with van der Waals surface area (Å²) in [5.74, 6) is -2.45. The van der Waals surface area contributed by atoms with Crippen LogP contribution in [0.3, 0.4) is 0 Å². The molecule has 1 heterocycles. The minimum absolute atomic E-state index is 0.0589. The highest BCUT2D eigenvalue weighted by Crippen LogP contribution is 2.51. The second kappa shape index (κ2) is 24.8. The molecule has 2 N–H and O–H groups in total. The van der Waals surface area contributed by atoms with Gasteiger partial charge in [-0.25, -0.2) is 52.1 Å². The molecule has 3 saturated carbocycles. The van der Waals surface area contributed by atoms with Crippen LogP contribution in [0.5, 0.6) is 0 Å². The lowest BCUT2D eigenvalue weighted by atomic mass is 9.60. The number of nitrogens with zero attached hydrogens (tertiary/aromatic N) is 3. The minimum Gasteiger partial charge on any atom is -0.462 e. The van der Waals surface area contributed by atoms with Crippen LogP contribution >= 0.6 is 0 Å². The van der Waals surface area contributed by atoms with Gasteiger partial charge in [0.25, 0.3) is 0 Å². The molecule has 20 heteroatoms. The van der Waals surface area contributed by atoms with Crippen LogP contribution in [-0.2, 0) is 67.2 Å². The average molecular weight is 1060 g/mol. The fourth-order valence-corrected chi connectivity index (χ4v) is 13.0. The number of carbonyl (C=O) groups is 6. The number of nitrogens with one attached hydrogen (secondary N) is 2. The second-order valence-electron chi connectivity index (χ2n) is 25.3. The molecule has 0 saturated heterocycles. The van der Waals surface area contributed by atoms with Crippen LogP contribution in [0.25, 0.3) is 0 Å². The van der Waals surface area contributed by atoms with Gasteiger partial charge in [-0.15, -0.1) is 0 Å². The van der Waals surface area contributed by atoms with Crippen LogP contribution in [0.4, 0.5) is 9.59 Å². The van der Waals surface area contributed by atoms with E-state index in [0.717, 1.165) is 9.13 Å². The SMILES string of the molecule is C=C(C)C(=O)OCCOC(=O)CC1CC(C)(C)CC(C)(Cn2c(=O)n(CC3(C)CC(NC(=O)OCCOC(=O)C(=C)C)CC(C)(C)C3)c(=O)n(CC3(C)CC(NC(=O)OCCOC(=O)C(=C)C)CC(C)(C)C3)c2=O)C1. The summed E-state index contributed by atoms with van der Waals surface area (Å²) in [6.45, 7) is 32.3. The van der Waals surface area contributed by atoms with Crippen molar-refractivity contribution in [1.29, 1.82) is 0 Å². The van der Waals surface area contributed by atoms with E-state index in [2.05, 4.69) is 44.2 Å². The maximum absolute atomic E-state index is 15.1. The summed E-state index contributed by atoms with van der Waals surface area (Å²) in [7, 11) is 0. The standard InChI is InChI=1S/C55H85N5O15/c1-35(2)42(62)71-17-16-70-41(61)22-38-23-50(7,8)29-53(13,24-38)32-58-47(67)59(33-54(14)27-39(25-51(9,10)30-54)56-45(65)74-20-18-72-43(63)36(3)4)49(69)60(48(58)68)34-55(15)28-40(26-52(11,12)31-55)57-46(66)75-21-19-73-44(64)37(5)6/h38-40H,1,3,5,16-34H2,2,4,6-15H3,(H,56,65)(H,57,66). The van der Waals surface area contributed by atoms with Gasteiger partial charge in [0.1, 0.15) is 39.6 Å². The highest BCUT2D eigenvalue weighted by atomic mass is 16.6. The maximum Gasteiger partial charge on any atom is 0.407 e. The predicted molar refractivity (Wildman–Crippen MR) is 279 cm³/mol. The van der Waals surface area contributed by atoms with Gasteiger partial charge in [0.15, 0.2) is 0 Å². The summed E-state index contributed by atoms with van der Waals surface area (Å²) in [6.07, 6.45) is 3.28. The molecule has 0 bridgehead atoms. The number of alkyl carbamates (subject to hydrolysis) is 2. The van der Waals surface area contributed by atoms with Crippen LogP contribution in [-0.4, -0.2) is 101 Å². The zero-order chi connectivity index (χ0) is 56.5. The topological polar surface area (TPSA) is 248 Å². The Kier molecular flexibility index (Phi) is 20.4. The summed E-state index contributed by atoms with van der Waals surface area (Å²) in [5.41, 5.74) is -5.00. The van der Waals surface area contributed by atoms with Gasteiger partial charge in [-0.1, -0.05) is 82.1 Å². The Morgan fingerprint density at radius 2 is 0.747 bits per heavy atom. The van der Waals surface area contributed by atoms with E-state index in [1.165, 1.54) is 25.3 Å². The lowest BCUT2D eigenvalue weighted by molar-refractivity contribution is -0.151. The second-order valence-corrected chi connectivity index (χ2v) is 25.3. The molecular weight excluding hydrogens is 971 g/mol. The van der Waals surface area contributed by atoms with E-state index in [9.17, 15) is 28.8 Å². The van der Waals surface area contributed by atoms with Crippen LogP contribution in [0.2, 0.25) is 0 Å². The Bertz CT molecular complexity index is 2230. The third-order valence-electron chi connectivity index (χ3n) is 14.2. The third-order valence-corrected chi connectivity index (χ3v) is 14.2. The lowest BCUT2D eigenvalue weighted by Crippen LogP contribution is -2.60. The van der Waals surface area contributed by atoms with Crippen molar-refractivity contribution in [2.24, 2.45) is 38.4 Å². The number of esters is 4. The van der Waals surface area contributed by atoms with Crippen molar-refractivity contribution in [1.82, 2.24) is 24.3 Å². The molecule has 0 aliphatic heterocycles. The molecule has 20 nitrogen and oxygen atoms in total. The molecule has 3 aliphatic carbocycles. The number of ether oxygens (including phenoxy) is 6. The maximum atomic E-state index is 15.1. The molecule has 0 aromatic carbocycles. The van der Waals surface area contributed by atoms with Gasteiger partial charge in [0, 0.05) is 54.9 Å². The van der Waals surface area contributed by atoms with Crippen LogP contribution in [0.1, 0.15) is 147 Å². The molecule has 6 unspecified atom stereocenters. The third kappa shape index (κ3) is 18.7. The van der Waals surface area contributed by atoms with E-state index in [4.69, 9.17) is 28.4 Å². The van der Waals surface area contributed by atoms with Crippen molar-refractivity contribution in [3.8, 4) is 0 Å². The number of hydrogen-bond donors (Lipinski definition) is 2. The van der Waals surface area contributed by atoms with E-state index in [1.54, 1.807) is 0 Å². The Morgan fingerprint density at radius 1 is 0.453 bits per heavy atom. The average Bonchev–Trinajstić information content (AvgIpc) is 3.24. The highest BCUT2D eigenvalue weighted by molar-refractivity contribution is 5.87. The van der Waals surface area contributed by atoms with E-state index in [0.29, 0.717) is 57.8 Å². The Morgan fingerprint density at radius 3 is 1.08 bits per heavy atom. The van der Waals surface area contributed by atoms with Gasteiger partial charge in [-0.2, -0.15) is 0 Å². The summed E-state index contributed by atoms with van der Waals surface area (Å²) in [4.78, 5) is 120. The van der Waals surface area contributed by atoms with Gasteiger partial charge in [0.05, 0.1) is 0 Å². The number of rotatable bonds is 22. The predicted octanol–water partition coefficient (Wildman–Crippen LogP) is 6.92. The molecule has 2 amide bonds. The minimum atomic E-state index is -0.777. The van der Waals surface area contributed by atoms with E-state index < -0.39 is 81.5 Å². The van der Waals surface area contributed by atoms with E-state index >= 15 is 14.4 Å². The molecule has 4 rings (SSSR count). The number of carbonyl (C=O) groups excluding carboxylic acids is 6. The van der Waals surface area contributed by atoms with Crippen LogP contribution < -0.4 is 27.7 Å². The molecule has 0 spiro atoms. The molecule has 6 atom stereocenters. The van der Waals surface area contributed by atoms with Gasteiger partial charge >= 0.3 is 53.1 Å². The quantitative estimate of drug-likeness (QED) is 0.0518. The molecule has 75 heavy (non-hydrogen) atoms. The van der Waals surface area contributed by atoms with Gasteiger partial charge in [0.2, 0.25) is 0 Å².